The van der Waals surface area contributed by atoms with Crippen LogP contribution in [0, 0.1) is 0 Å². The molecule has 0 fully saturated rings. The lowest BCUT2D eigenvalue weighted by molar-refractivity contribution is 0.642. The standard InChI is InChI=1S/C8H12N2S/c11-7-10-8-5-3-1-2-4-6-9-8/h1-6H2. The maximum atomic E-state index is 4.51. The van der Waals surface area contributed by atoms with Crippen LogP contribution in [0.2, 0.25) is 0 Å². The summed E-state index contributed by atoms with van der Waals surface area (Å²) in [4.78, 5) is 8.19. The van der Waals surface area contributed by atoms with E-state index in [0.717, 1.165) is 18.8 Å². The molecule has 0 saturated carbocycles. The van der Waals surface area contributed by atoms with Crippen LogP contribution in [0.1, 0.15) is 32.1 Å². The van der Waals surface area contributed by atoms with Crippen molar-refractivity contribution >= 4 is 23.2 Å². The van der Waals surface area contributed by atoms with Gasteiger partial charge in [0.25, 0.3) is 0 Å². The van der Waals surface area contributed by atoms with Gasteiger partial charge in [-0.3, -0.25) is 4.99 Å². The Morgan fingerprint density at radius 1 is 1.27 bits per heavy atom. The summed E-state index contributed by atoms with van der Waals surface area (Å²) in [5.41, 5.74) is 0. The molecule has 0 aliphatic carbocycles. The first-order valence-corrected chi connectivity index (χ1v) is 4.45. The van der Waals surface area contributed by atoms with Gasteiger partial charge < -0.3 is 0 Å². The number of rotatable bonds is 0. The van der Waals surface area contributed by atoms with Crippen molar-refractivity contribution < 1.29 is 0 Å². The van der Waals surface area contributed by atoms with Crippen LogP contribution < -0.4 is 0 Å². The van der Waals surface area contributed by atoms with E-state index in [0.29, 0.717) is 0 Å². The highest BCUT2D eigenvalue weighted by Gasteiger charge is 2.00. The Morgan fingerprint density at radius 3 is 2.91 bits per heavy atom. The second-order valence-electron chi connectivity index (χ2n) is 2.67. The molecule has 0 unspecified atom stereocenters. The van der Waals surface area contributed by atoms with Gasteiger partial charge in [0.2, 0.25) is 0 Å². The summed E-state index contributed by atoms with van der Waals surface area (Å²) in [5, 5.41) is 2.36. The van der Waals surface area contributed by atoms with Crippen LogP contribution in [0.3, 0.4) is 0 Å². The highest BCUT2D eigenvalue weighted by Crippen LogP contribution is 2.08. The van der Waals surface area contributed by atoms with Gasteiger partial charge in [0, 0.05) is 13.0 Å². The molecule has 1 aliphatic heterocycles. The van der Waals surface area contributed by atoms with E-state index in [1.165, 1.54) is 25.7 Å². The summed E-state index contributed by atoms with van der Waals surface area (Å²) in [7, 11) is 0. The molecule has 0 N–H and O–H groups in total. The molecule has 0 aromatic heterocycles. The predicted molar refractivity (Wildman–Crippen MR) is 50.4 cm³/mol. The maximum Gasteiger partial charge on any atom is 0.134 e. The van der Waals surface area contributed by atoms with E-state index >= 15 is 0 Å². The van der Waals surface area contributed by atoms with Crippen LogP contribution in [-0.4, -0.2) is 17.5 Å². The summed E-state index contributed by atoms with van der Waals surface area (Å²) in [6, 6.07) is 0. The third kappa shape index (κ3) is 3.40. The van der Waals surface area contributed by atoms with Crippen LogP contribution in [0.4, 0.5) is 0 Å². The highest BCUT2D eigenvalue weighted by molar-refractivity contribution is 7.78. The lowest BCUT2D eigenvalue weighted by atomic mass is 10.1. The molecule has 60 valence electrons. The Hall–Kier alpha value is -0.530. The fourth-order valence-electron chi connectivity index (χ4n) is 1.18. The van der Waals surface area contributed by atoms with Crippen molar-refractivity contribution in [2.45, 2.75) is 32.1 Å². The Kier molecular flexibility index (Phi) is 4.02. The van der Waals surface area contributed by atoms with Gasteiger partial charge in [-0.2, -0.15) is 4.99 Å². The van der Waals surface area contributed by atoms with E-state index in [4.69, 9.17) is 0 Å². The Morgan fingerprint density at radius 2 is 2.09 bits per heavy atom. The minimum absolute atomic E-state index is 0.889. The summed E-state index contributed by atoms with van der Waals surface area (Å²) < 4.78 is 0. The van der Waals surface area contributed by atoms with Crippen molar-refractivity contribution in [2.75, 3.05) is 6.54 Å². The Balaban J connectivity index is 2.51. The van der Waals surface area contributed by atoms with Gasteiger partial charge in [-0.1, -0.05) is 12.8 Å². The van der Waals surface area contributed by atoms with Gasteiger partial charge in [0.1, 0.15) is 5.84 Å². The van der Waals surface area contributed by atoms with Gasteiger partial charge in [0.05, 0.1) is 5.16 Å². The molecule has 0 bridgehead atoms. The Bertz CT molecular complexity index is 192. The molecular formula is C8H12N2S. The Labute approximate surface area is 72.4 Å². The maximum absolute atomic E-state index is 4.51. The van der Waals surface area contributed by atoms with Crippen molar-refractivity contribution in [1.82, 2.24) is 0 Å². The second-order valence-corrected chi connectivity index (χ2v) is 2.85. The number of thiocarbonyl (C=S) groups is 1. The first-order valence-electron chi connectivity index (χ1n) is 4.04. The molecular weight excluding hydrogens is 156 g/mol. The molecule has 1 rings (SSSR count). The number of hydrogen-bond donors (Lipinski definition) is 0. The average molecular weight is 168 g/mol. The fraction of sp³-hybridized carbons (Fsp3) is 0.750. The van der Waals surface area contributed by atoms with Crippen molar-refractivity contribution in [3.05, 3.63) is 0 Å². The van der Waals surface area contributed by atoms with E-state index < -0.39 is 0 Å². The first-order chi connectivity index (χ1) is 5.43. The van der Waals surface area contributed by atoms with E-state index in [9.17, 15) is 0 Å². The number of isothiocyanates is 1. The molecule has 0 aromatic rings. The van der Waals surface area contributed by atoms with Gasteiger partial charge in [0.15, 0.2) is 0 Å². The molecule has 3 heteroatoms. The average Bonchev–Trinajstić information content (AvgIpc) is 1.94. The zero-order valence-corrected chi connectivity index (χ0v) is 7.36. The van der Waals surface area contributed by atoms with Crippen molar-refractivity contribution in [3.8, 4) is 0 Å². The van der Waals surface area contributed by atoms with Crippen LogP contribution in [0.15, 0.2) is 9.98 Å². The zero-order chi connectivity index (χ0) is 7.94. The fourth-order valence-corrected chi connectivity index (χ4v) is 1.28. The van der Waals surface area contributed by atoms with Crippen molar-refractivity contribution in [1.29, 1.82) is 0 Å². The lowest BCUT2D eigenvalue weighted by Crippen LogP contribution is -1.99. The zero-order valence-electron chi connectivity index (χ0n) is 6.55. The molecule has 0 saturated heterocycles. The molecule has 0 radical (unpaired) electrons. The van der Waals surface area contributed by atoms with Crippen LogP contribution in [0.5, 0.6) is 0 Å². The predicted octanol–water partition coefficient (Wildman–Crippen LogP) is 2.45. The molecule has 1 aliphatic rings. The monoisotopic (exact) mass is 168 g/mol. The van der Waals surface area contributed by atoms with E-state index in [1.807, 2.05) is 0 Å². The SMILES string of the molecule is S=C=NC1=NCCCCCC1. The smallest absolute Gasteiger partial charge is 0.134 e. The quantitative estimate of drug-likeness (QED) is 0.403. The van der Waals surface area contributed by atoms with Gasteiger partial charge >= 0.3 is 0 Å². The molecule has 2 nitrogen and oxygen atoms in total. The third-order valence-corrected chi connectivity index (χ3v) is 1.87. The van der Waals surface area contributed by atoms with Crippen molar-refractivity contribution in [3.63, 3.8) is 0 Å². The van der Waals surface area contributed by atoms with Crippen LogP contribution >= 0.6 is 12.2 Å². The van der Waals surface area contributed by atoms with Gasteiger partial charge in [-0.05, 0) is 25.1 Å². The molecule has 0 atom stereocenters. The summed E-state index contributed by atoms with van der Waals surface area (Å²) in [5.74, 6) is 0.889. The number of amidine groups is 1. The van der Waals surface area contributed by atoms with E-state index in [1.54, 1.807) is 0 Å². The molecule has 0 aromatic carbocycles. The van der Waals surface area contributed by atoms with Gasteiger partial charge in [-0.25, -0.2) is 0 Å². The summed E-state index contributed by atoms with van der Waals surface area (Å²) in [6.07, 6.45) is 5.96. The minimum atomic E-state index is 0.889. The summed E-state index contributed by atoms with van der Waals surface area (Å²) >= 11 is 4.51. The topological polar surface area (TPSA) is 24.7 Å². The molecule has 1 heterocycles. The number of nitrogens with zero attached hydrogens (tertiary/aromatic N) is 2. The van der Waals surface area contributed by atoms with E-state index in [-0.39, 0.29) is 0 Å². The normalized spacial score (nSPS) is 19.1. The molecule has 0 amide bonds. The lowest BCUT2D eigenvalue weighted by Gasteiger charge is -2.04. The second kappa shape index (κ2) is 5.16. The summed E-state index contributed by atoms with van der Waals surface area (Å²) in [6.45, 7) is 0.913. The van der Waals surface area contributed by atoms with Crippen molar-refractivity contribution in [2.24, 2.45) is 9.98 Å². The molecule has 0 spiro atoms. The highest BCUT2D eigenvalue weighted by atomic mass is 32.1. The van der Waals surface area contributed by atoms with Crippen LogP contribution in [-0.2, 0) is 0 Å². The van der Waals surface area contributed by atoms with Gasteiger partial charge in [-0.15, -0.1) is 0 Å². The number of hydrogen-bond acceptors (Lipinski definition) is 3. The van der Waals surface area contributed by atoms with E-state index in [2.05, 4.69) is 27.4 Å². The molecule has 11 heavy (non-hydrogen) atoms. The largest absolute Gasteiger partial charge is 0.270 e. The first kappa shape index (κ1) is 8.57. The third-order valence-electron chi connectivity index (χ3n) is 1.78. The minimum Gasteiger partial charge on any atom is -0.270 e. The van der Waals surface area contributed by atoms with Crippen LogP contribution in [0.25, 0.3) is 0 Å². The number of aliphatic imine (C=N–C) groups is 2.